The van der Waals surface area contributed by atoms with Crippen LogP contribution in [0.15, 0.2) is 89.7 Å². The highest BCUT2D eigenvalue weighted by atomic mass is 28.3. The van der Waals surface area contributed by atoms with Gasteiger partial charge >= 0.3 is 0 Å². The molecule has 0 amide bonds. The maximum atomic E-state index is 14.8. The highest BCUT2D eigenvalue weighted by molar-refractivity contribution is 6.84. The molecule has 0 aromatic carbocycles. The van der Waals surface area contributed by atoms with Crippen LogP contribution in [-0.4, -0.2) is 245 Å². The molecule has 17 heterocycles. The van der Waals surface area contributed by atoms with Crippen molar-refractivity contribution in [2.24, 2.45) is 56.8 Å². The maximum absolute atomic E-state index is 14.8. The quantitative estimate of drug-likeness (QED) is 0.0156. The van der Waals surface area contributed by atoms with Crippen LogP contribution >= 0.6 is 0 Å². The van der Waals surface area contributed by atoms with Gasteiger partial charge in [-0.2, -0.15) is 56.3 Å². The molecular formula is C81H106FN35O12Si3. The number of nitrogens with one attached hydrogen (secondary N) is 2. The Morgan fingerprint density at radius 2 is 0.727 bits per heavy atom. The number of azide groups is 3. The molecule has 19 N–H and O–H groups in total. The molecule has 12 aromatic rings. The Labute approximate surface area is 756 Å². The van der Waals surface area contributed by atoms with Gasteiger partial charge in [-0.25, -0.2) is 51.9 Å². The third-order valence-corrected chi connectivity index (χ3v) is 26.9. The zero-order chi connectivity index (χ0) is 95.8. The van der Waals surface area contributed by atoms with Crippen molar-refractivity contribution in [3.63, 3.8) is 0 Å². The van der Waals surface area contributed by atoms with Gasteiger partial charge in [0.1, 0.15) is 132 Å². The summed E-state index contributed by atoms with van der Waals surface area (Å²) in [5.74, 6) is 9.30. The molecule has 696 valence electrons. The van der Waals surface area contributed by atoms with Crippen LogP contribution in [0.25, 0.3) is 81.4 Å². The average molecular weight is 1870 g/mol. The number of aromatic nitrogens is 21. The minimum atomic E-state index is -1.60. The summed E-state index contributed by atoms with van der Waals surface area (Å²) < 4.78 is 52.4. The summed E-state index contributed by atoms with van der Waals surface area (Å²) >= 11 is 0. The molecular weight excluding hydrogens is 1760 g/mol. The minimum Gasteiger partial charge on any atom is -0.394 e. The fourth-order valence-electron chi connectivity index (χ4n) is 16.5. The third kappa shape index (κ3) is 18.6. The number of nitrogen functional groups attached to an aromatic ring is 5. The highest BCUT2D eigenvalue weighted by Crippen LogP contribution is 2.53. The number of halogens is 1. The van der Waals surface area contributed by atoms with Crippen LogP contribution in [0.3, 0.4) is 0 Å². The van der Waals surface area contributed by atoms with Crippen LogP contribution in [0, 0.1) is 75.8 Å². The Balaban J connectivity index is 0.000000140. The standard InChI is InChI=1S/C18H25N7O2Si.C17H23FN4O2Si.C17H24N4O3Si.C15H18N10O2.C14H16N10O3/c1-11-12(2)18(9-26,23-24-20)27-16(11)14-8-13(6-7-28(3,4)5)15-17(19)21-10-22-25(14)15;1-10-13(8-23)24-16(14(10)18)12-7-11(5-6-25(2,3)4)15-17(19)20-9-21-22(12)15;1-10-13(8-22)24-16(15(10)23)12-7-11(5-6-25(2,3)4)14-17(18)19-9-20-21(12)14;1-7-8(2)15(5-26,22-23-17)27-13(7)11-3-9(10-4-19-24-21-10)12-14(16)18-6-20-25(11)12;1-6-11(26)12(27-14(6,4-25)21-22-16)9-2-7(8-3-18-23-20-8)10-13(15)17-5-19-24(9)10/h8,10-12,16,26H,9H2,1-5H3,(H2,19,21,22);7,9-10,13-14,16,23H,8H2,1-4H3,(H2,19,20,21);7,9-10,13,15-16,22-23H,8H2,1-4H3,(H2,18,19,20);3-4,6-8,13,26H,5H2,1-2H3,(H2,16,18,20)(H,19,21,24);2-3,5-6,11-12,25-26H,4H2,1H3,(H2,15,17,19)(H,18,20,23)/t11-,12+,16-,18-;10-,13-,14+,16+;10-,13-,15+,16+;7-,8+,13-,15-;6-,11-,12-,14+/m11110/s1. The van der Waals surface area contributed by atoms with Gasteiger partial charge in [0.05, 0.1) is 115 Å². The molecule has 51 heteroatoms. The van der Waals surface area contributed by atoms with Gasteiger partial charge in [0.15, 0.2) is 46.3 Å². The Bertz CT molecular complexity index is 6280. The van der Waals surface area contributed by atoms with Gasteiger partial charge in [0.25, 0.3) is 0 Å². The molecule has 17 rings (SSSR count). The van der Waals surface area contributed by atoms with Crippen molar-refractivity contribution in [3.05, 3.63) is 151 Å². The number of nitrogens with zero attached hydrogens (tertiary/aromatic N) is 28. The first-order valence-corrected chi connectivity index (χ1v) is 52.6. The van der Waals surface area contributed by atoms with Gasteiger partial charge in [0, 0.05) is 43.6 Å². The summed E-state index contributed by atoms with van der Waals surface area (Å²) in [6.45, 7) is 30.6. The molecule has 47 nitrogen and oxygen atoms in total. The largest absolute Gasteiger partial charge is 0.394 e. The summed E-state index contributed by atoms with van der Waals surface area (Å²) in [5.41, 5.74) is 73.2. The molecule has 5 fully saturated rings. The molecule has 5 aliphatic heterocycles. The van der Waals surface area contributed by atoms with Crippen molar-refractivity contribution >= 4 is 80.9 Å². The van der Waals surface area contributed by atoms with E-state index >= 15 is 0 Å². The molecule has 20 atom stereocenters. The monoisotopic (exact) mass is 1860 g/mol. The van der Waals surface area contributed by atoms with Gasteiger partial charge in [0.2, 0.25) is 0 Å². The van der Waals surface area contributed by atoms with Crippen LogP contribution in [0.4, 0.5) is 33.5 Å². The third-order valence-electron chi connectivity index (χ3n) is 24.2. The van der Waals surface area contributed by atoms with E-state index in [9.17, 15) is 40.1 Å². The maximum Gasteiger partial charge on any atom is 0.175 e. The Kier molecular flexibility index (Phi) is 28.2. The van der Waals surface area contributed by atoms with Gasteiger partial charge in [-0.05, 0) is 70.6 Å². The van der Waals surface area contributed by atoms with E-state index in [1.807, 2.05) is 52.8 Å². The molecule has 132 heavy (non-hydrogen) atoms. The lowest BCUT2D eigenvalue weighted by molar-refractivity contribution is -0.0882. The lowest BCUT2D eigenvalue weighted by Crippen LogP contribution is -2.37. The summed E-state index contributed by atoms with van der Waals surface area (Å²) in [6.07, 6.45) is 2.50. The van der Waals surface area contributed by atoms with E-state index in [0.717, 1.165) is 16.8 Å². The number of alkyl halides is 1. The lowest BCUT2D eigenvalue weighted by atomic mass is 9.86. The average Bonchev–Trinajstić information content (AvgIpc) is 1.59. The normalized spacial score (nSPS) is 27.2. The van der Waals surface area contributed by atoms with Crippen LogP contribution in [0.2, 0.25) is 58.9 Å². The molecule has 0 radical (unpaired) electrons. The number of ether oxygens (including phenoxy) is 5. The predicted molar refractivity (Wildman–Crippen MR) is 487 cm³/mol. The van der Waals surface area contributed by atoms with E-state index in [2.05, 4.69) is 205 Å². The summed E-state index contributed by atoms with van der Waals surface area (Å²) in [5, 5.41) is 123. The zero-order valence-corrected chi connectivity index (χ0v) is 78.2. The van der Waals surface area contributed by atoms with Crippen molar-refractivity contribution < 1.29 is 63.8 Å². The van der Waals surface area contributed by atoms with Crippen molar-refractivity contribution in [2.45, 2.75) is 186 Å². The second kappa shape index (κ2) is 38.5. The van der Waals surface area contributed by atoms with Gasteiger partial charge in [-0.3, -0.25) is 0 Å². The van der Waals surface area contributed by atoms with E-state index in [-0.39, 0.29) is 54.4 Å². The van der Waals surface area contributed by atoms with Crippen molar-refractivity contribution in [1.29, 1.82) is 0 Å². The number of hydrogen-bond donors (Lipinski definition) is 14. The molecule has 0 unspecified atom stereocenters. The molecule has 0 aliphatic carbocycles. The van der Waals surface area contributed by atoms with Gasteiger partial charge < -0.3 is 88.1 Å². The number of rotatable bonds is 15. The van der Waals surface area contributed by atoms with E-state index in [1.165, 1.54) is 42.3 Å². The topological polar surface area (TPSA) is 698 Å². The number of aliphatic hydroxyl groups excluding tert-OH is 7. The van der Waals surface area contributed by atoms with Crippen molar-refractivity contribution in [2.75, 3.05) is 61.7 Å². The smallest absolute Gasteiger partial charge is 0.175 e. The Morgan fingerprint density at radius 1 is 0.424 bits per heavy atom. The zero-order valence-electron chi connectivity index (χ0n) is 75.2. The molecule has 5 saturated heterocycles. The summed E-state index contributed by atoms with van der Waals surface area (Å²) in [6, 6.07) is 9.09. The van der Waals surface area contributed by atoms with Gasteiger partial charge in [-0.1, -0.05) is 140 Å². The molecule has 5 aliphatic rings. The number of aliphatic hydroxyl groups is 7. The number of fused-ring (bicyclic) bond motifs is 5. The first-order valence-electron chi connectivity index (χ1n) is 42.1. The predicted octanol–water partition coefficient (Wildman–Crippen LogP) is 7.40. The first-order chi connectivity index (χ1) is 62.6. The minimum absolute atomic E-state index is 0.0373. The van der Waals surface area contributed by atoms with E-state index in [0.29, 0.717) is 95.9 Å². The number of aromatic amines is 2. The Hall–Kier alpha value is -12.9. The van der Waals surface area contributed by atoms with E-state index < -0.39 is 134 Å². The van der Waals surface area contributed by atoms with Crippen LogP contribution in [0.1, 0.15) is 124 Å². The van der Waals surface area contributed by atoms with E-state index in [1.54, 1.807) is 50.2 Å². The van der Waals surface area contributed by atoms with E-state index in [4.69, 9.17) is 68.9 Å². The SMILES string of the molecule is C[C@H]1[C@H](F)[C@H](c2cc(C#C[Si](C)(C)C)c3c(N)ncnn23)O[C@@H]1CO.C[C@H]1[C@H](O)[C@H](c2cc(-c3cn[nH]n3)c3c(N)ncnn23)O[C@@]1(CO)N=[N+]=[N-].C[C@H]1[C@H](O)[C@H](c2cc(C#C[Si](C)(C)C)c3c(N)ncnn23)O[C@@H]1CO.C[C@H]1[C@H](c2cc(-c3cn[nH]n3)c3c(N)ncnn23)O[C@@](CO)(N=[N+]=[N-])[C@H]1C.C[C@H]1[C@H](c2cc(C#C[Si](C)(C)C)c3c(N)ncnn23)O[C@@](CO)(N=[N+]=[N-])[C@H]1C. The molecule has 0 saturated carbocycles. The fourth-order valence-corrected chi connectivity index (χ4v) is 18.0. The fraction of sp³-hybridized carbons (Fsp3) is 0.506. The molecule has 0 bridgehead atoms. The number of nitrogens with two attached hydrogens (primary N) is 5. The highest BCUT2D eigenvalue weighted by Gasteiger charge is 2.56. The number of anilines is 5. The van der Waals surface area contributed by atoms with Gasteiger partial charge in [-0.15, -0.1) is 16.6 Å². The van der Waals surface area contributed by atoms with Crippen molar-refractivity contribution in [3.8, 4) is 56.9 Å². The second-order valence-corrected chi connectivity index (χ2v) is 50.4. The summed E-state index contributed by atoms with van der Waals surface area (Å²) in [4.78, 5) is 28.8. The number of H-pyrrole nitrogens is 2. The molecule has 0 spiro atoms. The van der Waals surface area contributed by atoms with Crippen molar-refractivity contribution in [1.82, 2.24) is 104 Å². The molecule has 12 aromatic heterocycles. The van der Waals surface area contributed by atoms with Crippen LogP contribution in [-0.2, 0) is 23.7 Å². The van der Waals surface area contributed by atoms with Crippen LogP contribution < -0.4 is 28.7 Å². The lowest BCUT2D eigenvalue weighted by Gasteiger charge is -2.25. The van der Waals surface area contributed by atoms with Crippen LogP contribution in [0.5, 0.6) is 0 Å². The number of hydrogen-bond acceptors (Lipinski definition) is 34. The second-order valence-electron chi connectivity index (χ2n) is 36.1. The first kappa shape index (κ1) is 96.6. The Morgan fingerprint density at radius 3 is 1.05 bits per heavy atom. The summed E-state index contributed by atoms with van der Waals surface area (Å²) in [7, 11) is -4.78.